The monoisotopic (exact) mass is 645 g/mol. The largest absolute Gasteiger partial charge is 0.494 e. The fourth-order valence-corrected chi connectivity index (χ4v) is 7.08. The fourth-order valence-electron chi connectivity index (χ4n) is 5.13. The zero-order chi connectivity index (χ0) is 31.0. The molecule has 1 aliphatic rings. The van der Waals surface area contributed by atoms with E-state index in [1.807, 2.05) is 6.92 Å². The molecule has 3 aromatic rings. The molecule has 0 aliphatic heterocycles. The van der Waals surface area contributed by atoms with Gasteiger partial charge < -0.3 is 15.0 Å². The van der Waals surface area contributed by atoms with Crippen molar-refractivity contribution in [2.24, 2.45) is 0 Å². The number of carbonyl (C=O) groups excluding carboxylic acids is 2. The second-order valence-electron chi connectivity index (χ2n) is 10.5. The van der Waals surface area contributed by atoms with E-state index in [0.29, 0.717) is 28.0 Å². The normalized spacial score (nSPS) is 14.5. The maximum Gasteiger partial charge on any atom is 0.264 e. The van der Waals surface area contributed by atoms with Crippen LogP contribution in [0.3, 0.4) is 0 Å². The molecule has 0 bridgehead atoms. The fraction of sp³-hybridized carbons (Fsp3) is 0.375. The maximum atomic E-state index is 14.2. The average Bonchev–Trinajstić information content (AvgIpc) is 3.01. The molecule has 0 spiro atoms. The minimum atomic E-state index is -4.17. The summed E-state index contributed by atoms with van der Waals surface area (Å²) in [5.74, 6) is -0.338. The van der Waals surface area contributed by atoms with Gasteiger partial charge in [-0.2, -0.15) is 0 Å². The van der Waals surface area contributed by atoms with Gasteiger partial charge in [0.1, 0.15) is 18.3 Å². The van der Waals surface area contributed by atoms with Crippen LogP contribution in [0.4, 0.5) is 5.69 Å². The first-order valence-corrected chi connectivity index (χ1v) is 16.6. The Bertz CT molecular complexity index is 1480. The molecular weight excluding hydrogens is 609 g/mol. The van der Waals surface area contributed by atoms with E-state index in [1.165, 1.54) is 17.0 Å². The summed E-state index contributed by atoms with van der Waals surface area (Å²) in [5, 5.41) is 3.76. The van der Waals surface area contributed by atoms with Gasteiger partial charge in [-0.05, 0) is 75.2 Å². The van der Waals surface area contributed by atoms with E-state index >= 15 is 0 Å². The Morgan fingerprint density at radius 2 is 1.56 bits per heavy atom. The average molecular weight is 647 g/mol. The van der Waals surface area contributed by atoms with E-state index in [-0.39, 0.29) is 29.1 Å². The summed E-state index contributed by atoms with van der Waals surface area (Å²) in [5.41, 5.74) is 0.741. The van der Waals surface area contributed by atoms with Crippen molar-refractivity contribution in [3.05, 3.63) is 88.4 Å². The summed E-state index contributed by atoms with van der Waals surface area (Å²) in [7, 11) is -4.17. The van der Waals surface area contributed by atoms with Crippen LogP contribution in [0.5, 0.6) is 5.75 Å². The number of benzene rings is 3. The van der Waals surface area contributed by atoms with E-state index in [0.717, 1.165) is 36.4 Å². The third kappa shape index (κ3) is 8.22. The predicted molar refractivity (Wildman–Crippen MR) is 170 cm³/mol. The van der Waals surface area contributed by atoms with Crippen LogP contribution in [0, 0.1) is 0 Å². The summed E-state index contributed by atoms with van der Waals surface area (Å²) in [6.45, 7) is 3.29. The van der Waals surface area contributed by atoms with Crippen LogP contribution in [-0.2, 0) is 26.2 Å². The van der Waals surface area contributed by atoms with Gasteiger partial charge in [0, 0.05) is 28.2 Å². The molecule has 0 saturated heterocycles. The molecule has 0 aromatic heterocycles. The first-order valence-electron chi connectivity index (χ1n) is 14.4. The molecule has 1 atom stereocenters. The second kappa shape index (κ2) is 14.9. The topological polar surface area (TPSA) is 96.0 Å². The van der Waals surface area contributed by atoms with Crippen molar-refractivity contribution in [3.8, 4) is 5.75 Å². The van der Waals surface area contributed by atoms with Gasteiger partial charge in [0.25, 0.3) is 10.0 Å². The zero-order valence-electron chi connectivity index (χ0n) is 24.3. The highest BCUT2D eigenvalue weighted by Crippen LogP contribution is 2.29. The molecule has 43 heavy (non-hydrogen) atoms. The lowest BCUT2D eigenvalue weighted by molar-refractivity contribution is -0.139. The van der Waals surface area contributed by atoms with Crippen LogP contribution in [-0.4, -0.2) is 50.4 Å². The van der Waals surface area contributed by atoms with Gasteiger partial charge in [0.2, 0.25) is 11.8 Å². The van der Waals surface area contributed by atoms with E-state index in [1.54, 1.807) is 67.6 Å². The number of anilines is 1. The third-order valence-corrected chi connectivity index (χ3v) is 10.1. The second-order valence-corrected chi connectivity index (χ2v) is 13.2. The quantitative estimate of drug-likeness (QED) is 0.244. The molecule has 1 aliphatic carbocycles. The van der Waals surface area contributed by atoms with Crippen molar-refractivity contribution in [1.82, 2.24) is 10.2 Å². The Labute approximate surface area is 264 Å². The molecule has 0 radical (unpaired) electrons. The lowest BCUT2D eigenvalue weighted by atomic mass is 9.95. The van der Waals surface area contributed by atoms with Crippen LogP contribution >= 0.6 is 23.2 Å². The number of ether oxygens (including phenoxy) is 1. The summed E-state index contributed by atoms with van der Waals surface area (Å²) in [6, 6.07) is 18.5. The molecule has 1 N–H and O–H groups in total. The molecule has 0 heterocycles. The number of nitrogens with one attached hydrogen (secondary N) is 1. The van der Waals surface area contributed by atoms with Crippen molar-refractivity contribution in [2.75, 3.05) is 17.5 Å². The van der Waals surface area contributed by atoms with E-state index in [2.05, 4.69) is 5.32 Å². The van der Waals surface area contributed by atoms with Gasteiger partial charge in [-0.25, -0.2) is 8.42 Å². The Hall–Kier alpha value is -3.27. The number of amides is 2. The number of halogens is 2. The molecule has 8 nitrogen and oxygen atoms in total. The smallest absolute Gasteiger partial charge is 0.264 e. The highest BCUT2D eigenvalue weighted by atomic mass is 35.5. The minimum absolute atomic E-state index is 0.0282. The molecule has 4 rings (SSSR count). The van der Waals surface area contributed by atoms with Gasteiger partial charge in [-0.1, -0.05) is 66.7 Å². The number of hydrogen-bond donors (Lipinski definition) is 1. The van der Waals surface area contributed by atoms with Crippen molar-refractivity contribution in [2.45, 2.75) is 69.5 Å². The molecule has 11 heteroatoms. The zero-order valence-corrected chi connectivity index (χ0v) is 26.7. The molecule has 2 amide bonds. The first-order chi connectivity index (χ1) is 20.6. The first kappa shape index (κ1) is 32.6. The molecule has 230 valence electrons. The molecule has 1 saturated carbocycles. The lowest BCUT2D eigenvalue weighted by Crippen LogP contribution is -2.53. The van der Waals surface area contributed by atoms with Crippen molar-refractivity contribution < 1.29 is 22.7 Å². The van der Waals surface area contributed by atoms with Crippen LogP contribution in [0.15, 0.2) is 77.7 Å². The molecule has 1 unspecified atom stereocenters. The van der Waals surface area contributed by atoms with E-state index < -0.39 is 28.5 Å². The molecule has 3 aromatic carbocycles. The van der Waals surface area contributed by atoms with Gasteiger partial charge >= 0.3 is 0 Å². The Balaban J connectivity index is 1.70. The van der Waals surface area contributed by atoms with Gasteiger partial charge in [0.05, 0.1) is 17.2 Å². The van der Waals surface area contributed by atoms with Crippen molar-refractivity contribution in [3.63, 3.8) is 0 Å². The maximum absolute atomic E-state index is 14.2. The Morgan fingerprint density at radius 3 is 2.16 bits per heavy atom. The number of carbonyl (C=O) groups is 2. The SMILES string of the molecule is CCOc1ccc(N(CC(=O)N(Cc2c(Cl)cccc2Cl)C(C)C(=O)NC2CCCCC2)S(=O)(=O)c2ccccc2)cc1. The minimum Gasteiger partial charge on any atom is -0.494 e. The van der Waals surface area contributed by atoms with Crippen molar-refractivity contribution in [1.29, 1.82) is 0 Å². The molecular formula is C32H37Cl2N3O5S. The Morgan fingerprint density at radius 1 is 0.930 bits per heavy atom. The third-order valence-electron chi connectivity index (χ3n) is 7.55. The number of nitrogens with zero attached hydrogens (tertiary/aromatic N) is 2. The highest BCUT2D eigenvalue weighted by molar-refractivity contribution is 7.92. The lowest BCUT2D eigenvalue weighted by Gasteiger charge is -2.33. The number of hydrogen-bond acceptors (Lipinski definition) is 5. The summed E-state index contributed by atoms with van der Waals surface area (Å²) in [6.07, 6.45) is 4.96. The van der Waals surface area contributed by atoms with Gasteiger partial charge in [0.15, 0.2) is 0 Å². The summed E-state index contributed by atoms with van der Waals surface area (Å²) >= 11 is 12.9. The highest BCUT2D eigenvalue weighted by Gasteiger charge is 2.33. The number of sulfonamides is 1. The standard InChI is InChI=1S/C32H37Cl2N3O5S/c1-3-42-26-19-17-25(18-20-26)37(43(40,41)27-13-8-5-9-14-27)22-31(38)36(21-28-29(33)15-10-16-30(28)34)23(2)32(39)35-24-11-6-4-7-12-24/h5,8-10,13-20,23-24H,3-4,6-7,11-12,21-22H2,1-2H3,(H,35,39). The number of rotatable bonds is 12. The Kier molecular flexibility index (Phi) is 11.3. The van der Waals surface area contributed by atoms with Crippen LogP contribution in [0.1, 0.15) is 51.5 Å². The van der Waals surface area contributed by atoms with Crippen LogP contribution in [0.2, 0.25) is 10.0 Å². The van der Waals surface area contributed by atoms with Crippen LogP contribution < -0.4 is 14.4 Å². The van der Waals surface area contributed by atoms with Gasteiger partial charge in [-0.3, -0.25) is 13.9 Å². The van der Waals surface area contributed by atoms with Crippen LogP contribution in [0.25, 0.3) is 0 Å². The summed E-state index contributed by atoms with van der Waals surface area (Å²) < 4.78 is 34.4. The van der Waals surface area contributed by atoms with Gasteiger partial charge in [-0.15, -0.1) is 0 Å². The van der Waals surface area contributed by atoms with E-state index in [4.69, 9.17) is 27.9 Å². The van der Waals surface area contributed by atoms with Crippen molar-refractivity contribution >= 4 is 50.7 Å². The summed E-state index contributed by atoms with van der Waals surface area (Å²) in [4.78, 5) is 29.0. The molecule has 1 fully saturated rings. The predicted octanol–water partition coefficient (Wildman–Crippen LogP) is 6.45. The van der Waals surface area contributed by atoms with E-state index in [9.17, 15) is 18.0 Å².